The average Bonchev–Trinajstić information content (AvgIpc) is 2.68. The van der Waals surface area contributed by atoms with Crippen molar-refractivity contribution in [3.05, 3.63) is 15.8 Å². The molecule has 0 fully saturated rings. The Labute approximate surface area is 116 Å². The van der Waals surface area contributed by atoms with Crippen LogP contribution in [0.4, 0.5) is 0 Å². The van der Waals surface area contributed by atoms with E-state index in [1.807, 2.05) is 0 Å². The highest BCUT2D eigenvalue weighted by atomic mass is 32.2. The summed E-state index contributed by atoms with van der Waals surface area (Å²) in [6.07, 6.45) is 0. The van der Waals surface area contributed by atoms with Crippen molar-refractivity contribution in [2.24, 2.45) is 5.92 Å². The van der Waals surface area contributed by atoms with E-state index in [4.69, 9.17) is 10.2 Å². The Kier molecular flexibility index (Phi) is 5.08. The van der Waals surface area contributed by atoms with Crippen LogP contribution in [0.2, 0.25) is 0 Å². The maximum atomic E-state index is 12.2. The number of carboxylic acids is 1. The topological polar surface area (TPSA) is 104 Å². The van der Waals surface area contributed by atoms with E-state index in [1.54, 1.807) is 20.8 Å². The van der Waals surface area contributed by atoms with Gasteiger partial charge in [-0.05, 0) is 23.8 Å². The number of thiophene rings is 1. The zero-order valence-electron chi connectivity index (χ0n) is 10.9. The van der Waals surface area contributed by atoms with Gasteiger partial charge in [0.2, 0.25) is 10.0 Å². The fourth-order valence-electron chi connectivity index (χ4n) is 1.56. The second kappa shape index (κ2) is 6.00. The minimum Gasteiger partial charge on any atom is -0.477 e. The van der Waals surface area contributed by atoms with Crippen molar-refractivity contribution in [2.45, 2.75) is 31.7 Å². The van der Waals surface area contributed by atoms with E-state index in [2.05, 4.69) is 4.72 Å². The molecule has 0 radical (unpaired) electrons. The number of aryl methyl sites for hydroxylation is 1. The first-order valence-corrected chi connectivity index (χ1v) is 8.01. The third kappa shape index (κ3) is 3.53. The van der Waals surface area contributed by atoms with Crippen LogP contribution in [0.25, 0.3) is 0 Å². The first-order chi connectivity index (χ1) is 8.70. The van der Waals surface area contributed by atoms with Crippen LogP contribution in [-0.2, 0) is 10.0 Å². The van der Waals surface area contributed by atoms with Gasteiger partial charge in [-0.3, -0.25) is 0 Å². The van der Waals surface area contributed by atoms with Crippen molar-refractivity contribution in [3.8, 4) is 0 Å². The molecule has 0 saturated heterocycles. The summed E-state index contributed by atoms with van der Waals surface area (Å²) in [6, 6.07) is -0.647. The lowest BCUT2D eigenvalue weighted by Crippen LogP contribution is -2.41. The summed E-state index contributed by atoms with van der Waals surface area (Å²) < 4.78 is 26.8. The molecule has 1 aromatic heterocycles. The minimum atomic E-state index is -3.96. The van der Waals surface area contributed by atoms with Gasteiger partial charge in [0.15, 0.2) is 0 Å². The van der Waals surface area contributed by atoms with E-state index in [9.17, 15) is 13.2 Å². The molecule has 0 aliphatic heterocycles. The first kappa shape index (κ1) is 16.1. The molecule has 19 heavy (non-hydrogen) atoms. The van der Waals surface area contributed by atoms with Gasteiger partial charge in [-0.25, -0.2) is 17.9 Å². The zero-order chi connectivity index (χ0) is 14.8. The van der Waals surface area contributed by atoms with Crippen LogP contribution >= 0.6 is 11.3 Å². The number of nitrogens with one attached hydrogen (secondary N) is 1. The van der Waals surface area contributed by atoms with Crippen LogP contribution in [0.3, 0.4) is 0 Å². The smallest absolute Gasteiger partial charge is 0.347 e. The minimum absolute atomic E-state index is 0.105. The van der Waals surface area contributed by atoms with Gasteiger partial charge < -0.3 is 10.2 Å². The number of aromatic carboxylic acids is 1. The zero-order valence-corrected chi connectivity index (χ0v) is 12.5. The number of sulfonamides is 1. The third-order valence-electron chi connectivity index (χ3n) is 2.69. The highest BCUT2D eigenvalue weighted by molar-refractivity contribution is 7.89. The molecule has 8 heteroatoms. The molecule has 1 heterocycles. The first-order valence-electron chi connectivity index (χ1n) is 5.65. The Bertz CT molecular complexity index is 562. The van der Waals surface area contributed by atoms with E-state index in [1.165, 1.54) is 5.38 Å². The number of aliphatic hydroxyl groups excluding tert-OH is 1. The maximum Gasteiger partial charge on any atom is 0.347 e. The molecule has 0 amide bonds. The number of rotatable bonds is 6. The normalized spacial score (nSPS) is 13.7. The summed E-state index contributed by atoms with van der Waals surface area (Å²) in [5, 5.41) is 19.7. The predicted octanol–water partition coefficient (Wildman–Crippen LogP) is 1.05. The number of hydrogen-bond donors (Lipinski definition) is 3. The van der Waals surface area contributed by atoms with Gasteiger partial charge in [0.1, 0.15) is 9.77 Å². The van der Waals surface area contributed by atoms with Gasteiger partial charge >= 0.3 is 5.97 Å². The second-order valence-corrected chi connectivity index (χ2v) is 7.07. The number of hydrogen-bond acceptors (Lipinski definition) is 5. The van der Waals surface area contributed by atoms with Crippen molar-refractivity contribution in [2.75, 3.05) is 6.61 Å². The lowest BCUT2D eigenvalue weighted by molar-refractivity contribution is 0.0698. The molecule has 0 bridgehead atoms. The molecule has 1 rings (SSSR count). The van der Waals surface area contributed by atoms with Crippen molar-refractivity contribution in [1.29, 1.82) is 0 Å². The average molecular weight is 307 g/mol. The standard InChI is InChI=1S/C11H17NO5S2/c1-6(2)8(4-13)12-19(16,17)10-7(3)5-18-9(10)11(14)15/h5-6,8,12-13H,4H2,1-3H3,(H,14,15)/t8-/m1/s1. The summed E-state index contributed by atoms with van der Waals surface area (Å²) in [4.78, 5) is 10.6. The van der Waals surface area contributed by atoms with Crippen LogP contribution in [0.5, 0.6) is 0 Å². The van der Waals surface area contributed by atoms with Crippen LogP contribution in [-0.4, -0.2) is 37.2 Å². The molecule has 0 unspecified atom stereocenters. The monoisotopic (exact) mass is 307 g/mol. The maximum absolute atomic E-state index is 12.2. The van der Waals surface area contributed by atoms with E-state index in [0.29, 0.717) is 5.56 Å². The molecule has 0 saturated carbocycles. The van der Waals surface area contributed by atoms with Gasteiger partial charge in [-0.1, -0.05) is 13.8 Å². The third-order valence-corrected chi connectivity index (χ3v) is 5.58. The Morgan fingerprint density at radius 2 is 2.05 bits per heavy atom. The quantitative estimate of drug-likeness (QED) is 0.729. The number of carbonyl (C=O) groups is 1. The van der Waals surface area contributed by atoms with Gasteiger partial charge in [0.05, 0.1) is 6.61 Å². The predicted molar refractivity (Wildman–Crippen MR) is 72.0 cm³/mol. The largest absolute Gasteiger partial charge is 0.477 e. The van der Waals surface area contributed by atoms with Crippen molar-refractivity contribution in [1.82, 2.24) is 4.72 Å². The number of carboxylic acid groups (broad SMARTS) is 1. The summed E-state index contributed by atoms with van der Waals surface area (Å²) in [6.45, 7) is 4.73. The summed E-state index contributed by atoms with van der Waals surface area (Å²) in [5.41, 5.74) is 0.385. The Hall–Kier alpha value is -0.960. The Morgan fingerprint density at radius 1 is 1.47 bits per heavy atom. The van der Waals surface area contributed by atoms with Gasteiger partial charge in [-0.2, -0.15) is 0 Å². The number of aliphatic hydroxyl groups is 1. The molecular weight excluding hydrogens is 290 g/mol. The second-order valence-electron chi connectivity index (χ2n) is 4.54. The highest BCUT2D eigenvalue weighted by Gasteiger charge is 2.29. The van der Waals surface area contributed by atoms with Crippen LogP contribution in [0.15, 0.2) is 10.3 Å². The van der Waals surface area contributed by atoms with Crippen LogP contribution in [0, 0.1) is 12.8 Å². The van der Waals surface area contributed by atoms with E-state index in [0.717, 1.165) is 11.3 Å². The van der Waals surface area contributed by atoms with Gasteiger partial charge in [-0.15, -0.1) is 11.3 Å². The van der Waals surface area contributed by atoms with E-state index < -0.39 is 22.0 Å². The molecule has 3 N–H and O–H groups in total. The molecule has 0 aliphatic rings. The van der Waals surface area contributed by atoms with Crippen molar-refractivity contribution < 1.29 is 23.4 Å². The van der Waals surface area contributed by atoms with Crippen LogP contribution in [0.1, 0.15) is 29.1 Å². The summed E-state index contributed by atoms with van der Waals surface area (Å²) in [5.74, 6) is -1.38. The molecule has 0 aromatic carbocycles. The molecule has 0 spiro atoms. The Balaban J connectivity index is 3.21. The van der Waals surface area contributed by atoms with Gasteiger partial charge in [0, 0.05) is 6.04 Å². The fourth-order valence-corrected chi connectivity index (χ4v) is 4.56. The van der Waals surface area contributed by atoms with Crippen LogP contribution < -0.4 is 4.72 Å². The highest BCUT2D eigenvalue weighted by Crippen LogP contribution is 2.27. The van der Waals surface area contributed by atoms with E-state index >= 15 is 0 Å². The molecule has 108 valence electrons. The summed E-state index contributed by atoms with van der Waals surface area (Å²) in [7, 11) is -3.96. The van der Waals surface area contributed by atoms with Crippen molar-refractivity contribution in [3.63, 3.8) is 0 Å². The fraction of sp³-hybridized carbons (Fsp3) is 0.545. The van der Waals surface area contributed by atoms with Gasteiger partial charge in [0.25, 0.3) is 0 Å². The van der Waals surface area contributed by atoms with Crippen molar-refractivity contribution >= 4 is 27.3 Å². The molecule has 0 aliphatic carbocycles. The molecule has 1 aromatic rings. The van der Waals surface area contributed by atoms with E-state index in [-0.39, 0.29) is 22.3 Å². The molecule has 6 nitrogen and oxygen atoms in total. The lowest BCUT2D eigenvalue weighted by atomic mass is 10.1. The summed E-state index contributed by atoms with van der Waals surface area (Å²) >= 11 is 0.873. The Morgan fingerprint density at radius 3 is 2.47 bits per heavy atom. The molecular formula is C11H17NO5S2. The SMILES string of the molecule is Cc1csc(C(=O)O)c1S(=O)(=O)N[C@H](CO)C(C)C. The lowest BCUT2D eigenvalue weighted by Gasteiger charge is -2.20. The molecule has 1 atom stereocenters.